The van der Waals surface area contributed by atoms with Crippen LogP contribution in [0.4, 0.5) is 0 Å². The van der Waals surface area contributed by atoms with Gasteiger partial charge in [-0.05, 0) is 0 Å². The molecule has 0 aromatic rings. The van der Waals surface area contributed by atoms with Gasteiger partial charge in [0, 0.05) is 0 Å². The van der Waals surface area contributed by atoms with Gasteiger partial charge in [0.2, 0.25) is 0 Å². The smallest absolute Gasteiger partial charge is 1.00 e. The van der Waals surface area contributed by atoms with Crippen LogP contribution in [0.5, 0.6) is 0 Å². The van der Waals surface area contributed by atoms with Crippen molar-refractivity contribution in [2.75, 3.05) is 0 Å². The van der Waals surface area contributed by atoms with Gasteiger partial charge in [-0.15, -0.1) is 0 Å². The third-order valence-corrected chi connectivity index (χ3v) is 0. The largest absolute Gasteiger partial charge is 2.00 e. The summed E-state index contributed by atoms with van der Waals surface area (Å²) in [5, 5.41) is 0. The van der Waals surface area contributed by atoms with E-state index in [9.17, 15) is 0 Å². The van der Waals surface area contributed by atoms with Crippen molar-refractivity contribution in [2.45, 2.75) is 0 Å². The molecule has 48 valence electrons. The van der Waals surface area contributed by atoms with Gasteiger partial charge in [-0.1, -0.05) is 0 Å². The average molecular weight is 266 g/mol. The first-order valence-corrected chi connectivity index (χ1v) is 2.24. The van der Waals surface area contributed by atoms with Gasteiger partial charge in [0.1, 0.15) is 0 Å². The van der Waals surface area contributed by atoms with Crippen molar-refractivity contribution in [1.29, 1.82) is 0 Å². The normalized spacial score (nSPS) is 6.56. The Morgan fingerprint density at radius 1 is 1.22 bits per heavy atom. The zero-order chi connectivity index (χ0) is 4.50. The van der Waals surface area contributed by atoms with Crippen LogP contribution in [-0.4, -0.2) is 156 Å². The molecular weight excluding hydrogens is 255 g/mol. The van der Waals surface area contributed by atoms with Gasteiger partial charge >= 0.3 is 154 Å². The van der Waals surface area contributed by atoms with E-state index in [1.165, 1.54) is 0 Å². The van der Waals surface area contributed by atoms with E-state index in [4.69, 9.17) is 19.2 Å². The fourth-order valence-corrected chi connectivity index (χ4v) is 0. The van der Waals surface area contributed by atoms with Crippen molar-refractivity contribution in [3.63, 3.8) is 0 Å². The molecule has 4 nitrogen and oxygen atoms in total. The van der Waals surface area contributed by atoms with Crippen LogP contribution < -0.4 is 9.79 Å². The van der Waals surface area contributed by atoms with Crippen molar-refractivity contribution in [1.82, 2.24) is 0 Å². The zero-order valence-electron chi connectivity index (χ0n) is 14.9. The fourth-order valence-electron chi connectivity index (χ4n) is 0. The first-order chi connectivity index (χ1) is 2.00. The topological polar surface area (TPSA) is 83.4 Å². The molecule has 0 spiro atoms. The summed E-state index contributed by atoms with van der Waals surface area (Å²) in [6.45, 7) is 0. The molecule has 0 saturated carbocycles. The molecule has 0 amide bonds. The van der Waals surface area contributed by atoms with Crippen LogP contribution in [0.15, 0.2) is 0 Å². The zero-order valence-corrected chi connectivity index (χ0v) is 14.7. The van der Waals surface area contributed by atoms with Gasteiger partial charge in [-0.3, -0.25) is 0 Å². The van der Waals surface area contributed by atoms with Gasteiger partial charge in [0.05, 0.1) is 7.82 Å². The maximum atomic E-state index is 8.66. The average Bonchev–Trinajstić information content (AvgIpc) is 0.722. The van der Waals surface area contributed by atoms with Crippen LogP contribution in [0.2, 0.25) is 0 Å². The molecule has 0 unspecified atom stereocenters. The van der Waals surface area contributed by atoms with Crippen LogP contribution in [0, 0.1) is 0 Å². The molecule has 0 heterocycles. The van der Waals surface area contributed by atoms with E-state index in [2.05, 4.69) is 0 Å². The molecule has 0 aliphatic rings. The van der Waals surface area contributed by atoms with Gasteiger partial charge < -0.3 is 30.7 Å². The van der Waals surface area contributed by atoms with Crippen molar-refractivity contribution in [2.24, 2.45) is 0 Å². The van der Waals surface area contributed by atoms with E-state index in [1.54, 1.807) is 0 Å². The van der Waals surface area contributed by atoms with Crippen LogP contribution in [0.25, 0.3) is 0 Å². The third-order valence-electron chi connectivity index (χ3n) is 0. The summed E-state index contributed by atoms with van der Waals surface area (Å²) in [5.74, 6) is 0. The molecule has 0 rings (SSSR count). The molecule has 0 aromatic heterocycles. The Morgan fingerprint density at radius 2 is 1.22 bits per heavy atom. The molecule has 0 radical (unpaired) electrons. The maximum Gasteiger partial charge on any atom is 2.00 e. The van der Waals surface area contributed by atoms with E-state index >= 15 is 0 Å². The van der Waals surface area contributed by atoms with E-state index in [1.807, 2.05) is 0 Å². The minimum Gasteiger partial charge on any atom is -1.00 e. The molecule has 0 saturated heterocycles. The summed E-state index contributed by atoms with van der Waals surface area (Å²) >= 11 is 0. The van der Waals surface area contributed by atoms with E-state index in [-0.39, 0.29) is 165 Å². The Kier molecular flexibility index (Phi) is 50.7. The summed E-state index contributed by atoms with van der Waals surface area (Å²) in [7, 11) is -5.14. The second kappa shape index (κ2) is 15.6. The molecule has 0 bridgehead atoms. The summed E-state index contributed by atoms with van der Waals surface area (Å²) in [4.78, 5) is 24.3. The Balaban J connectivity index is -0.000000000879. The Morgan fingerprint density at radius 3 is 1.22 bits per heavy atom. The van der Waals surface area contributed by atoms with Crippen LogP contribution in [-0.2, 0) is 4.57 Å². The summed E-state index contributed by atoms with van der Waals surface area (Å²) in [6, 6.07) is 0. The molecule has 1 N–H and O–H groups in total. The Bertz CT molecular complexity index is 77.7. The van der Waals surface area contributed by atoms with Crippen LogP contribution >= 0.6 is 7.82 Å². The molecule has 0 atom stereocenters. The van der Waals surface area contributed by atoms with Crippen molar-refractivity contribution < 1.29 is 33.5 Å². The van der Waals surface area contributed by atoms with E-state index < -0.39 is 7.82 Å². The minimum absolute atomic E-state index is 0. The molecular formula is H11Ca4O4P. The Labute approximate surface area is 188 Å². The van der Waals surface area contributed by atoms with Crippen molar-refractivity contribution in [3.8, 4) is 0 Å². The van der Waals surface area contributed by atoms with Gasteiger partial charge in [0.15, 0.2) is 0 Å². The van der Waals surface area contributed by atoms with E-state index in [0.29, 0.717) is 0 Å². The molecule has 0 aliphatic carbocycles. The number of phosphoric acid groups is 1. The minimum atomic E-state index is -5.14. The Hall–Kier alpha value is 5.15. The van der Waals surface area contributed by atoms with Crippen molar-refractivity contribution in [3.05, 3.63) is 0 Å². The summed E-state index contributed by atoms with van der Waals surface area (Å²) in [5.41, 5.74) is 0. The number of hydrogen-bond acceptors (Lipinski definition) is 3. The quantitative estimate of drug-likeness (QED) is 0.385. The molecule has 0 fully saturated rings. The van der Waals surface area contributed by atoms with Gasteiger partial charge in [-0.2, -0.15) is 0 Å². The summed E-state index contributed by atoms with van der Waals surface area (Å²) in [6.07, 6.45) is 0. The molecule has 0 aromatic carbocycles. The van der Waals surface area contributed by atoms with Gasteiger partial charge in [-0.25, -0.2) is 0 Å². The predicted octanol–water partition coefficient (Wildman–Crippen LogP) is -2.59. The molecule has 0 aliphatic heterocycles. The van der Waals surface area contributed by atoms with Gasteiger partial charge in [0.25, 0.3) is 0 Å². The second-order valence-electron chi connectivity index (χ2n) is 0.469. The van der Waals surface area contributed by atoms with Crippen LogP contribution in [0.3, 0.4) is 0 Å². The maximum absolute atomic E-state index is 8.66. The monoisotopic (exact) mass is 266 g/mol. The molecule has 9 heteroatoms. The third kappa shape index (κ3) is 61.6. The number of rotatable bonds is 0. The molecule has 9 heavy (non-hydrogen) atoms. The SMILES string of the molecule is O=P([O-])([O-])O.[Ca+2].[Ca+2].[Ca+2].[Ca+2].[H+].[H+].[H-].[H-].[H-].[H-].[H-].[H-].[H-].[H-]. The van der Waals surface area contributed by atoms with Crippen LogP contribution in [0.1, 0.15) is 14.3 Å². The first kappa shape index (κ1) is 29.2. The first-order valence-electron chi connectivity index (χ1n) is 0.748. The predicted molar refractivity (Wildman–Crippen MR) is 44.0 cm³/mol. The standard InChI is InChI=1S/4Ca.H3O4P.8H/c;;;;1-5(2,3)4;;;;;;;;/h;;;;(H3,1,2,3,4);;;;;;;;/q4*+2;;8*-1. The van der Waals surface area contributed by atoms with E-state index in [0.717, 1.165) is 0 Å². The van der Waals surface area contributed by atoms with Crippen molar-refractivity contribution >= 4 is 159 Å². The second-order valence-corrected chi connectivity index (χ2v) is 1.41. The number of hydrogen-bond donors (Lipinski definition) is 1. The fraction of sp³-hybridized carbons (Fsp3) is 0. The summed E-state index contributed by atoms with van der Waals surface area (Å²) < 4.78 is 8.66.